The lowest BCUT2D eigenvalue weighted by Crippen LogP contribution is -2.25. The zero-order valence-electron chi connectivity index (χ0n) is 6.75. The van der Waals surface area contributed by atoms with Gasteiger partial charge in [0.05, 0.1) is 6.61 Å². The van der Waals surface area contributed by atoms with E-state index in [0.717, 1.165) is 18.7 Å². The fourth-order valence-electron chi connectivity index (χ4n) is 1.38. The normalized spacial score (nSPS) is 29.2. The molecule has 0 saturated carbocycles. The van der Waals surface area contributed by atoms with Gasteiger partial charge in [-0.2, -0.15) is 0 Å². The van der Waals surface area contributed by atoms with E-state index in [0.29, 0.717) is 6.42 Å². The first-order valence-corrected chi connectivity index (χ1v) is 4.12. The minimum atomic E-state index is 0.00866. The zero-order chi connectivity index (χ0) is 8.39. The van der Waals surface area contributed by atoms with Gasteiger partial charge in [0, 0.05) is 13.0 Å². The van der Waals surface area contributed by atoms with Crippen LogP contribution >= 0.6 is 0 Å². The van der Waals surface area contributed by atoms with E-state index in [1.165, 1.54) is 0 Å². The molecule has 0 spiro atoms. The first-order chi connectivity index (χ1) is 5.86. The monoisotopic (exact) mass is 165 g/mol. The Morgan fingerprint density at radius 1 is 1.50 bits per heavy atom. The molecule has 0 radical (unpaired) electrons. The Balaban J connectivity index is 2.05. The van der Waals surface area contributed by atoms with E-state index in [-0.39, 0.29) is 12.0 Å². The van der Waals surface area contributed by atoms with Crippen LogP contribution in [0.15, 0.2) is 23.8 Å². The molecule has 0 aromatic rings. The van der Waals surface area contributed by atoms with Crippen LogP contribution in [0.1, 0.15) is 6.42 Å². The second kappa shape index (κ2) is 3.21. The predicted octanol–water partition coefficient (Wildman–Crippen LogP) is 0.388. The molecule has 1 atom stereocenters. The molecule has 1 saturated heterocycles. The zero-order valence-corrected chi connectivity index (χ0v) is 6.75. The summed E-state index contributed by atoms with van der Waals surface area (Å²) in [5.74, 6) is 0.164. The molecular formula is C9H11NO2. The first-order valence-electron chi connectivity index (χ1n) is 4.12. The summed E-state index contributed by atoms with van der Waals surface area (Å²) in [4.78, 5) is 10.8. The topological polar surface area (TPSA) is 38.3 Å². The Morgan fingerprint density at radius 3 is 3.00 bits per heavy atom. The maximum atomic E-state index is 10.8. The van der Waals surface area contributed by atoms with Crippen LogP contribution in [-0.2, 0) is 9.53 Å². The highest BCUT2D eigenvalue weighted by molar-refractivity contribution is 5.92. The van der Waals surface area contributed by atoms with Crippen LogP contribution in [-0.4, -0.2) is 25.2 Å². The number of nitrogens with one attached hydrogen (secondary N) is 1. The van der Waals surface area contributed by atoms with Gasteiger partial charge in [-0.1, -0.05) is 12.2 Å². The van der Waals surface area contributed by atoms with E-state index in [2.05, 4.69) is 5.32 Å². The van der Waals surface area contributed by atoms with Crippen LogP contribution in [0.4, 0.5) is 0 Å². The number of allylic oxidation sites excluding steroid dienone is 2. The molecule has 1 N–H and O–H groups in total. The van der Waals surface area contributed by atoms with Crippen LogP contribution in [0.2, 0.25) is 0 Å². The number of carbonyl (C=O) groups excluding carboxylic acids is 1. The molecule has 1 aliphatic heterocycles. The van der Waals surface area contributed by atoms with E-state index in [9.17, 15) is 4.79 Å². The molecule has 2 rings (SSSR count). The molecule has 2 aliphatic rings. The average Bonchev–Trinajstić information content (AvgIpc) is 2.58. The number of ketones is 1. The summed E-state index contributed by atoms with van der Waals surface area (Å²) in [5, 5.41) is 3.19. The van der Waals surface area contributed by atoms with Gasteiger partial charge in [-0.3, -0.25) is 10.1 Å². The third-order valence-electron chi connectivity index (χ3n) is 2.02. The Labute approximate surface area is 71.1 Å². The third kappa shape index (κ3) is 1.47. The molecule has 0 amide bonds. The summed E-state index contributed by atoms with van der Waals surface area (Å²) < 4.78 is 5.39. The lowest BCUT2D eigenvalue weighted by atomic mass is 10.1. The molecule has 0 aromatic heterocycles. The summed E-state index contributed by atoms with van der Waals surface area (Å²) >= 11 is 0. The van der Waals surface area contributed by atoms with Gasteiger partial charge in [0.1, 0.15) is 6.23 Å². The van der Waals surface area contributed by atoms with Gasteiger partial charge in [-0.15, -0.1) is 0 Å². The van der Waals surface area contributed by atoms with E-state index >= 15 is 0 Å². The highest BCUT2D eigenvalue weighted by atomic mass is 16.5. The molecule has 3 nitrogen and oxygen atoms in total. The summed E-state index contributed by atoms with van der Waals surface area (Å²) in [7, 11) is 0. The van der Waals surface area contributed by atoms with Crippen molar-refractivity contribution in [3.8, 4) is 0 Å². The predicted molar refractivity (Wildman–Crippen MR) is 44.6 cm³/mol. The molecule has 12 heavy (non-hydrogen) atoms. The Kier molecular flexibility index (Phi) is 2.06. The molecule has 0 aromatic carbocycles. The number of ether oxygens (including phenoxy) is 1. The van der Waals surface area contributed by atoms with Gasteiger partial charge in [0.25, 0.3) is 0 Å². The van der Waals surface area contributed by atoms with Crippen molar-refractivity contribution in [3.63, 3.8) is 0 Å². The van der Waals surface area contributed by atoms with Crippen molar-refractivity contribution in [1.29, 1.82) is 0 Å². The van der Waals surface area contributed by atoms with Gasteiger partial charge in [-0.25, -0.2) is 0 Å². The minimum absolute atomic E-state index is 0.00866. The maximum absolute atomic E-state index is 10.8. The average molecular weight is 165 g/mol. The van der Waals surface area contributed by atoms with Crippen molar-refractivity contribution in [2.45, 2.75) is 12.6 Å². The fraction of sp³-hybridized carbons (Fsp3) is 0.444. The fourth-order valence-corrected chi connectivity index (χ4v) is 1.38. The van der Waals surface area contributed by atoms with Crippen LogP contribution in [0, 0.1) is 0 Å². The molecule has 3 heteroatoms. The number of hydrogen-bond donors (Lipinski definition) is 1. The second-order valence-corrected chi connectivity index (χ2v) is 2.91. The van der Waals surface area contributed by atoms with Gasteiger partial charge < -0.3 is 4.74 Å². The van der Waals surface area contributed by atoms with Crippen LogP contribution in [0.25, 0.3) is 0 Å². The van der Waals surface area contributed by atoms with Crippen molar-refractivity contribution in [2.24, 2.45) is 0 Å². The maximum Gasteiger partial charge on any atom is 0.159 e. The van der Waals surface area contributed by atoms with Crippen molar-refractivity contribution in [3.05, 3.63) is 23.8 Å². The molecule has 1 heterocycles. The van der Waals surface area contributed by atoms with E-state index in [1.54, 1.807) is 6.08 Å². The highest BCUT2D eigenvalue weighted by Crippen LogP contribution is 2.14. The largest absolute Gasteiger partial charge is 0.358 e. The SMILES string of the molecule is O=C1C=CC(C2NCCO2)=CC1. The molecule has 1 fully saturated rings. The van der Waals surface area contributed by atoms with E-state index < -0.39 is 0 Å². The van der Waals surface area contributed by atoms with E-state index in [4.69, 9.17) is 4.74 Å². The molecule has 0 bridgehead atoms. The van der Waals surface area contributed by atoms with Crippen molar-refractivity contribution >= 4 is 5.78 Å². The molecule has 64 valence electrons. The van der Waals surface area contributed by atoms with Crippen molar-refractivity contribution in [1.82, 2.24) is 5.32 Å². The molecular weight excluding hydrogens is 154 g/mol. The van der Waals surface area contributed by atoms with E-state index in [1.807, 2.05) is 12.2 Å². The van der Waals surface area contributed by atoms with Crippen LogP contribution < -0.4 is 5.32 Å². The van der Waals surface area contributed by atoms with Crippen LogP contribution in [0.3, 0.4) is 0 Å². The summed E-state index contributed by atoms with van der Waals surface area (Å²) in [6.07, 6.45) is 5.88. The number of carbonyl (C=O) groups is 1. The summed E-state index contributed by atoms with van der Waals surface area (Å²) in [5.41, 5.74) is 1.08. The highest BCUT2D eigenvalue weighted by Gasteiger charge is 2.18. The van der Waals surface area contributed by atoms with Gasteiger partial charge in [0.15, 0.2) is 5.78 Å². The van der Waals surface area contributed by atoms with Crippen molar-refractivity contribution in [2.75, 3.05) is 13.2 Å². The Hall–Kier alpha value is -0.930. The van der Waals surface area contributed by atoms with Crippen LogP contribution in [0.5, 0.6) is 0 Å². The summed E-state index contributed by atoms with van der Waals surface area (Å²) in [6, 6.07) is 0. The smallest absolute Gasteiger partial charge is 0.159 e. The van der Waals surface area contributed by atoms with Gasteiger partial charge in [-0.05, 0) is 11.6 Å². The molecule has 1 aliphatic carbocycles. The standard InChI is InChI=1S/C9H11NO2/c11-8-3-1-7(2-4-8)9-10-5-6-12-9/h1-3,9-10H,4-6H2. The Bertz CT molecular complexity index is 249. The molecule has 1 unspecified atom stereocenters. The lowest BCUT2D eigenvalue weighted by molar-refractivity contribution is -0.113. The lowest BCUT2D eigenvalue weighted by Gasteiger charge is -2.13. The van der Waals surface area contributed by atoms with Crippen molar-refractivity contribution < 1.29 is 9.53 Å². The minimum Gasteiger partial charge on any atom is -0.358 e. The quantitative estimate of drug-likeness (QED) is 0.610. The first kappa shape index (κ1) is 7.71. The van der Waals surface area contributed by atoms with Gasteiger partial charge >= 0.3 is 0 Å². The Morgan fingerprint density at radius 2 is 2.42 bits per heavy atom. The number of hydrogen-bond acceptors (Lipinski definition) is 3. The number of rotatable bonds is 1. The third-order valence-corrected chi connectivity index (χ3v) is 2.02. The summed E-state index contributed by atoms with van der Waals surface area (Å²) in [6.45, 7) is 1.65. The van der Waals surface area contributed by atoms with Gasteiger partial charge in [0.2, 0.25) is 0 Å². The second-order valence-electron chi connectivity index (χ2n) is 2.91.